The van der Waals surface area contributed by atoms with Crippen LogP contribution >= 0.6 is 0 Å². The van der Waals surface area contributed by atoms with Gasteiger partial charge < -0.3 is 15.2 Å². The Morgan fingerprint density at radius 3 is 2.70 bits per heavy atom. The van der Waals surface area contributed by atoms with Crippen molar-refractivity contribution in [1.82, 2.24) is 0 Å². The zero-order valence-corrected chi connectivity index (χ0v) is 11.6. The predicted octanol–water partition coefficient (Wildman–Crippen LogP) is 2.00. The van der Waals surface area contributed by atoms with Crippen LogP contribution < -0.4 is 15.2 Å². The molecule has 0 aliphatic heterocycles. The minimum Gasteiger partial charge on any atom is -0.493 e. The van der Waals surface area contributed by atoms with Crippen molar-refractivity contribution in [2.45, 2.75) is 31.9 Å². The molecule has 2 unspecified atom stereocenters. The SMILES string of the molecule is COc1ccc([N+](=O)[O-])cc1OC(C)CC(C)(N)C#N. The first-order chi connectivity index (χ1) is 9.29. The second-order valence-electron chi connectivity index (χ2n) is 4.75. The van der Waals surface area contributed by atoms with E-state index in [9.17, 15) is 10.1 Å². The van der Waals surface area contributed by atoms with E-state index in [1.807, 2.05) is 6.07 Å². The molecule has 0 amide bonds. The van der Waals surface area contributed by atoms with Gasteiger partial charge in [-0.2, -0.15) is 5.26 Å². The molecule has 0 saturated heterocycles. The number of rotatable bonds is 6. The highest BCUT2D eigenvalue weighted by Crippen LogP contribution is 2.32. The van der Waals surface area contributed by atoms with E-state index in [1.165, 1.54) is 25.3 Å². The predicted molar refractivity (Wildman–Crippen MR) is 72.6 cm³/mol. The Labute approximate surface area is 117 Å². The smallest absolute Gasteiger partial charge is 0.273 e. The Morgan fingerprint density at radius 2 is 2.20 bits per heavy atom. The quantitative estimate of drug-likeness (QED) is 0.629. The summed E-state index contributed by atoms with van der Waals surface area (Å²) in [4.78, 5) is 10.2. The van der Waals surface area contributed by atoms with Gasteiger partial charge in [-0.15, -0.1) is 0 Å². The third-order valence-electron chi connectivity index (χ3n) is 2.65. The van der Waals surface area contributed by atoms with Crippen LogP contribution in [-0.4, -0.2) is 23.7 Å². The van der Waals surface area contributed by atoms with Crippen molar-refractivity contribution < 1.29 is 14.4 Å². The lowest BCUT2D eigenvalue weighted by molar-refractivity contribution is -0.385. The molecule has 0 aromatic heterocycles. The standard InChI is InChI=1S/C13H17N3O4/c1-9(7-13(2,15)8-14)20-12-6-10(16(17)18)4-5-11(12)19-3/h4-6,9H,7,15H2,1-3H3. The normalized spacial score (nSPS) is 14.8. The summed E-state index contributed by atoms with van der Waals surface area (Å²) in [6.07, 6.45) is -0.101. The molecule has 0 fully saturated rings. The topological polar surface area (TPSA) is 111 Å². The van der Waals surface area contributed by atoms with Crippen LogP contribution in [0.25, 0.3) is 0 Å². The van der Waals surface area contributed by atoms with E-state index in [2.05, 4.69) is 0 Å². The van der Waals surface area contributed by atoms with E-state index >= 15 is 0 Å². The molecule has 1 rings (SSSR count). The van der Waals surface area contributed by atoms with Crippen LogP contribution in [0.2, 0.25) is 0 Å². The molecule has 0 heterocycles. The average molecular weight is 279 g/mol. The highest BCUT2D eigenvalue weighted by Gasteiger charge is 2.23. The molecule has 0 aliphatic carbocycles. The van der Waals surface area contributed by atoms with Crippen molar-refractivity contribution >= 4 is 5.69 Å². The fraction of sp³-hybridized carbons (Fsp3) is 0.462. The van der Waals surface area contributed by atoms with E-state index in [4.69, 9.17) is 20.5 Å². The molecular formula is C13H17N3O4. The Bertz CT molecular complexity index is 537. The second-order valence-corrected chi connectivity index (χ2v) is 4.75. The summed E-state index contributed by atoms with van der Waals surface area (Å²) >= 11 is 0. The molecule has 2 N–H and O–H groups in total. The Hall–Kier alpha value is -2.33. The third-order valence-corrected chi connectivity index (χ3v) is 2.65. The molecule has 20 heavy (non-hydrogen) atoms. The van der Waals surface area contributed by atoms with Crippen molar-refractivity contribution in [3.05, 3.63) is 28.3 Å². The third kappa shape index (κ3) is 4.10. The van der Waals surface area contributed by atoms with Gasteiger partial charge in [-0.25, -0.2) is 0 Å². The molecule has 0 saturated carbocycles. The van der Waals surface area contributed by atoms with Crippen LogP contribution in [0.1, 0.15) is 20.3 Å². The molecule has 1 aromatic rings. The first-order valence-electron chi connectivity index (χ1n) is 5.98. The van der Waals surface area contributed by atoms with Gasteiger partial charge in [0.25, 0.3) is 5.69 Å². The number of non-ortho nitro benzene ring substituents is 1. The van der Waals surface area contributed by atoms with E-state index in [-0.39, 0.29) is 24.0 Å². The average Bonchev–Trinajstić information content (AvgIpc) is 2.37. The number of methoxy groups -OCH3 is 1. The molecule has 0 spiro atoms. The lowest BCUT2D eigenvalue weighted by Crippen LogP contribution is -2.38. The largest absolute Gasteiger partial charge is 0.493 e. The van der Waals surface area contributed by atoms with Crippen LogP contribution in [0.3, 0.4) is 0 Å². The number of benzene rings is 1. The van der Waals surface area contributed by atoms with Crippen LogP contribution in [0, 0.1) is 21.4 Å². The van der Waals surface area contributed by atoms with Crippen molar-refractivity contribution in [2.24, 2.45) is 5.73 Å². The number of nitriles is 1. The highest BCUT2D eigenvalue weighted by molar-refractivity contribution is 5.48. The zero-order chi connectivity index (χ0) is 15.3. The van der Waals surface area contributed by atoms with Gasteiger partial charge in [0.1, 0.15) is 5.54 Å². The first-order valence-corrected chi connectivity index (χ1v) is 5.98. The number of nitrogens with zero attached hydrogens (tertiary/aromatic N) is 2. The molecule has 0 bridgehead atoms. The second kappa shape index (κ2) is 6.21. The van der Waals surface area contributed by atoms with Gasteiger partial charge in [-0.3, -0.25) is 10.1 Å². The Morgan fingerprint density at radius 1 is 1.55 bits per heavy atom. The van der Waals surface area contributed by atoms with Crippen LogP contribution in [0.5, 0.6) is 11.5 Å². The summed E-state index contributed by atoms with van der Waals surface area (Å²) in [5, 5.41) is 19.6. The number of hydrogen-bond acceptors (Lipinski definition) is 6. The highest BCUT2D eigenvalue weighted by atomic mass is 16.6. The van der Waals surface area contributed by atoms with Gasteiger partial charge in [0, 0.05) is 12.5 Å². The molecular weight excluding hydrogens is 262 g/mol. The lowest BCUT2D eigenvalue weighted by Gasteiger charge is -2.22. The summed E-state index contributed by atoms with van der Waals surface area (Å²) in [5.74, 6) is 0.640. The molecule has 7 heteroatoms. The van der Waals surface area contributed by atoms with E-state index in [1.54, 1.807) is 13.8 Å². The minimum atomic E-state index is -1.02. The molecule has 0 radical (unpaired) electrons. The van der Waals surface area contributed by atoms with Crippen LogP contribution in [-0.2, 0) is 0 Å². The van der Waals surface area contributed by atoms with Crippen molar-refractivity contribution in [2.75, 3.05) is 7.11 Å². The van der Waals surface area contributed by atoms with Gasteiger partial charge in [0.2, 0.25) is 0 Å². The summed E-state index contributed by atoms with van der Waals surface area (Å²) in [6.45, 7) is 3.33. The summed E-state index contributed by atoms with van der Waals surface area (Å²) in [5.41, 5.74) is 4.62. The number of ether oxygens (including phenoxy) is 2. The zero-order valence-electron chi connectivity index (χ0n) is 11.6. The molecule has 2 atom stereocenters. The maximum atomic E-state index is 10.8. The van der Waals surface area contributed by atoms with Gasteiger partial charge >= 0.3 is 0 Å². The fourth-order valence-corrected chi connectivity index (χ4v) is 1.77. The van der Waals surface area contributed by atoms with Crippen molar-refractivity contribution in [3.8, 4) is 17.6 Å². The van der Waals surface area contributed by atoms with E-state index in [0.717, 1.165) is 0 Å². The van der Waals surface area contributed by atoms with Gasteiger partial charge in [0.05, 0.1) is 30.3 Å². The van der Waals surface area contributed by atoms with Gasteiger partial charge in [-0.1, -0.05) is 0 Å². The van der Waals surface area contributed by atoms with Crippen LogP contribution in [0.15, 0.2) is 18.2 Å². The fourth-order valence-electron chi connectivity index (χ4n) is 1.77. The number of hydrogen-bond donors (Lipinski definition) is 1. The number of nitro benzene ring substituents is 1. The summed E-state index contributed by atoms with van der Waals surface area (Å²) in [7, 11) is 1.45. The van der Waals surface area contributed by atoms with E-state index < -0.39 is 10.5 Å². The number of nitrogens with two attached hydrogens (primary N) is 1. The minimum absolute atomic E-state index is 0.0937. The molecule has 7 nitrogen and oxygen atoms in total. The summed E-state index contributed by atoms with van der Waals surface area (Å²) < 4.78 is 10.7. The number of nitro groups is 1. The Kier molecular flexibility index (Phi) is 4.88. The van der Waals surface area contributed by atoms with Gasteiger partial charge in [0.15, 0.2) is 11.5 Å². The molecule has 108 valence electrons. The molecule has 0 aliphatic rings. The Balaban J connectivity index is 2.93. The molecule has 1 aromatic carbocycles. The monoisotopic (exact) mass is 279 g/mol. The van der Waals surface area contributed by atoms with E-state index in [0.29, 0.717) is 5.75 Å². The summed E-state index contributed by atoms with van der Waals surface area (Å²) in [6, 6.07) is 6.06. The maximum absolute atomic E-state index is 10.8. The van der Waals surface area contributed by atoms with Gasteiger partial charge in [-0.05, 0) is 19.9 Å². The lowest BCUT2D eigenvalue weighted by atomic mass is 9.98. The maximum Gasteiger partial charge on any atom is 0.273 e. The van der Waals surface area contributed by atoms with Crippen molar-refractivity contribution in [3.63, 3.8) is 0 Å². The van der Waals surface area contributed by atoms with Crippen molar-refractivity contribution in [1.29, 1.82) is 5.26 Å². The first kappa shape index (κ1) is 15.7. The van der Waals surface area contributed by atoms with Crippen LogP contribution in [0.4, 0.5) is 5.69 Å².